The Morgan fingerprint density at radius 2 is 1.17 bits per heavy atom. The van der Waals surface area contributed by atoms with Gasteiger partial charge in [0.2, 0.25) is 0 Å². The number of pyridine rings is 5. The van der Waals surface area contributed by atoms with Gasteiger partial charge in [-0.3, -0.25) is 14.2 Å². The molecule has 11 aromatic rings. The predicted molar refractivity (Wildman–Crippen MR) is 299 cm³/mol. The van der Waals surface area contributed by atoms with Gasteiger partial charge in [-0.25, -0.2) is 24.9 Å². The summed E-state index contributed by atoms with van der Waals surface area (Å²) in [7, 11) is 0. The summed E-state index contributed by atoms with van der Waals surface area (Å²) in [5.74, 6) is 0.489. The largest absolute Gasteiger partial charge is 1.00 e. The van der Waals surface area contributed by atoms with Crippen LogP contribution in [0.3, 0.4) is 0 Å². The van der Waals surface area contributed by atoms with Crippen LogP contribution >= 0.6 is 58.6 Å². The van der Waals surface area contributed by atoms with Crippen LogP contribution in [0.1, 0.15) is 33.8 Å². The van der Waals surface area contributed by atoms with Gasteiger partial charge >= 0.3 is 29.6 Å². The van der Waals surface area contributed by atoms with Crippen molar-refractivity contribution in [2.24, 2.45) is 0 Å². The maximum atomic E-state index is 12.3. The molecule has 0 aliphatic carbocycles. The zero-order valence-corrected chi connectivity index (χ0v) is 45.3. The molecule has 380 valence electrons. The average Bonchev–Trinajstić information content (AvgIpc) is 4.30. The van der Waals surface area contributed by atoms with E-state index in [1.54, 1.807) is 85.5 Å². The van der Waals surface area contributed by atoms with E-state index >= 15 is 0 Å². The molecule has 6 N–H and O–H groups in total. The Bertz CT molecular complexity index is 3880. The minimum Gasteiger partial charge on any atom is -0.870 e. The summed E-state index contributed by atoms with van der Waals surface area (Å²) in [6.45, 7) is 0.685. The number of imidazole rings is 1. The van der Waals surface area contributed by atoms with Crippen molar-refractivity contribution >= 4 is 114 Å². The van der Waals surface area contributed by atoms with Gasteiger partial charge in [-0.15, -0.1) is 0 Å². The van der Waals surface area contributed by atoms with Crippen LogP contribution in [0.2, 0.25) is 15.5 Å². The summed E-state index contributed by atoms with van der Waals surface area (Å²) >= 11 is 27.6. The van der Waals surface area contributed by atoms with Crippen LogP contribution in [0.25, 0.3) is 55.5 Å². The van der Waals surface area contributed by atoms with E-state index in [1.807, 2.05) is 120 Å². The Hall–Kier alpha value is -7.42. The summed E-state index contributed by atoms with van der Waals surface area (Å²) < 4.78 is 5.17. The van der Waals surface area contributed by atoms with Crippen molar-refractivity contribution in [1.29, 1.82) is 0 Å². The first-order valence-electron chi connectivity index (χ1n) is 21.9. The first-order valence-corrected chi connectivity index (χ1v) is 23.9. The molecule has 0 radical (unpaired) electrons. The van der Waals surface area contributed by atoms with Gasteiger partial charge in [0.15, 0.2) is 10.6 Å². The Morgan fingerprint density at radius 1 is 0.579 bits per heavy atom. The molecule has 16 nitrogen and oxygen atoms in total. The molecule has 0 unspecified atom stereocenters. The van der Waals surface area contributed by atoms with Crippen LogP contribution in [0.15, 0.2) is 201 Å². The topological polar surface area (TPSA) is 227 Å². The number of carbonyl (C=O) groups excluding carboxylic acids is 2. The fourth-order valence-corrected chi connectivity index (χ4v) is 7.74. The van der Waals surface area contributed by atoms with Gasteiger partial charge in [-0.1, -0.05) is 90.8 Å². The van der Waals surface area contributed by atoms with Gasteiger partial charge in [0, 0.05) is 87.8 Å². The van der Waals surface area contributed by atoms with Crippen LogP contribution in [-0.4, -0.2) is 80.6 Å². The molecule has 0 saturated carbocycles. The molecule has 13 rings (SSSR count). The number of aromatic nitrogens is 12. The number of nitrogens with one attached hydrogen (secondary N) is 4. The fourth-order valence-electron chi connectivity index (χ4n) is 6.99. The van der Waals surface area contributed by atoms with Crippen LogP contribution in [-0.2, 0) is 6.54 Å². The van der Waals surface area contributed by atoms with E-state index in [-0.39, 0.29) is 48.4 Å². The normalized spacial score (nSPS) is 10.1. The van der Waals surface area contributed by atoms with Crippen molar-refractivity contribution in [2.75, 3.05) is 0 Å². The van der Waals surface area contributed by atoms with E-state index in [0.717, 1.165) is 54.5 Å². The molecule has 9 aromatic heterocycles. The second-order valence-electron chi connectivity index (χ2n) is 15.3. The van der Waals surface area contributed by atoms with E-state index < -0.39 is 5.24 Å². The number of rotatable bonds is 4. The molecular formula is C54H45Cl4N12NaO4S. The number of fused-ring (bicyclic) bond motifs is 5. The van der Waals surface area contributed by atoms with Gasteiger partial charge < -0.3 is 35.2 Å². The maximum Gasteiger partial charge on any atom is 1.00 e. The van der Waals surface area contributed by atoms with E-state index in [4.69, 9.17) is 63.8 Å². The molecule has 2 aliphatic rings. The Kier molecular flexibility index (Phi) is 22.7. The number of hydrogen-bond donors (Lipinski definition) is 5. The molecule has 0 fully saturated rings. The molecule has 22 heteroatoms. The molecule has 0 saturated heterocycles. The Balaban J connectivity index is 0.000000171. The first kappa shape index (κ1) is 59.5. The zero-order chi connectivity index (χ0) is 51.1. The summed E-state index contributed by atoms with van der Waals surface area (Å²) in [6, 6.07) is 46.1. The van der Waals surface area contributed by atoms with E-state index in [2.05, 4.69) is 44.9 Å². The van der Waals surface area contributed by atoms with Gasteiger partial charge in [0.25, 0.3) is 11.1 Å². The van der Waals surface area contributed by atoms with Crippen molar-refractivity contribution in [2.45, 2.75) is 14.0 Å². The summed E-state index contributed by atoms with van der Waals surface area (Å²) in [4.78, 5) is 55.3. The van der Waals surface area contributed by atoms with Crippen LogP contribution in [0.4, 0.5) is 0 Å². The third-order valence-corrected chi connectivity index (χ3v) is 11.5. The number of hydrogen-bond acceptors (Lipinski definition) is 10. The van der Waals surface area contributed by atoms with Gasteiger partial charge in [-0.05, 0) is 127 Å². The summed E-state index contributed by atoms with van der Waals surface area (Å²) in [5.41, 5.74) is 6.37. The number of nitrogens with zero attached hydrogens (tertiary/aromatic N) is 8. The zero-order valence-electron chi connectivity index (χ0n) is 39.5. The van der Waals surface area contributed by atoms with Crippen molar-refractivity contribution < 1.29 is 49.8 Å². The molecule has 2 aliphatic heterocycles. The quantitative estimate of drug-likeness (QED) is 0.0368. The average molecular weight is 1120 g/mol. The number of benzene rings is 2. The summed E-state index contributed by atoms with van der Waals surface area (Å²) in [6.07, 6.45) is 14.3. The molecule has 0 atom stereocenters. The predicted octanol–water partition coefficient (Wildman–Crippen LogP) is 11.0. The van der Waals surface area contributed by atoms with E-state index in [9.17, 15) is 9.59 Å². The van der Waals surface area contributed by atoms with Gasteiger partial charge in [0.05, 0.1) is 12.2 Å². The molecule has 11 heterocycles. The van der Waals surface area contributed by atoms with E-state index in [0.29, 0.717) is 49.4 Å². The van der Waals surface area contributed by atoms with Gasteiger partial charge in [0.1, 0.15) is 38.0 Å². The molecule has 0 amide bonds. The molecule has 2 aromatic carbocycles. The molecule has 0 spiro atoms. The standard InChI is InChI=1S/C14H9ClN2O.C11H9ClN4S.C7H5ClN2.C7H5ClO.C7H6N2O.C7H6N2.CH4.Na.H2O/c15-12-7-6-10-8-9-17(13(10)16-12)14(18)11-4-2-1-3-5-11;12-9-2-1-7-3-4-16(10(7)15-9)6-8-5-13-11(17)14-8;8-6-2-1-5-3-4-9-7(5)10-6;8-7(9)6-4-2-1-3-5-6;10-9-5-1-2-6-3-4-8-7(6)9;1-2-6-3-5-9-7(6)8-4-1;;;/h1-9H;1-5H,6H2,(H2,13,14,17);1-4H,(H,9,10);1-5H;1-5,10H;1-5H,(H,8,9);1H4;;1H2/q;;;;;;;+1;/p-1. The van der Waals surface area contributed by atoms with Crippen molar-refractivity contribution in [3.8, 4) is 11.4 Å². The third kappa shape index (κ3) is 16.0. The van der Waals surface area contributed by atoms with Crippen LogP contribution < -0.4 is 29.6 Å². The number of aromatic amines is 4. The maximum absolute atomic E-state index is 12.3. The molecule has 76 heavy (non-hydrogen) atoms. The van der Waals surface area contributed by atoms with Crippen molar-refractivity contribution in [1.82, 2.24) is 58.7 Å². The number of carbonyl (C=O) groups is 2. The van der Waals surface area contributed by atoms with Crippen LogP contribution in [0, 0.1) is 4.77 Å². The Morgan fingerprint density at radius 3 is 1.79 bits per heavy atom. The second kappa shape index (κ2) is 29.0. The number of H-pyrrole nitrogens is 4. The Labute approximate surface area is 482 Å². The fraction of sp³-hybridized carbons (Fsp3) is 0.0370. The molecular weight excluding hydrogens is 1080 g/mol. The monoisotopic (exact) mass is 1120 g/mol. The minimum atomic E-state index is -0.407. The third-order valence-electron chi connectivity index (χ3n) is 10.4. The van der Waals surface area contributed by atoms with Gasteiger partial charge in [-0.2, -0.15) is 4.73 Å². The SMILES string of the molecule is C.Clc1ccc2cc[nH]c2n1.O=C(Cl)c1ccccc1.O=C(c1ccccc1)n1ccc2ccc(Cl)nc21.On1cccc2ccnc1-2.S=c1[nH]cc(Cn2ccc3ccc(Cl)nc32)[nH]1.[Na+].[OH-].c1cnc2[nH]ccc2c1. The van der Waals surface area contributed by atoms with Crippen molar-refractivity contribution in [3.05, 3.63) is 238 Å². The van der Waals surface area contributed by atoms with Crippen molar-refractivity contribution in [3.63, 3.8) is 0 Å². The molecule has 0 bridgehead atoms. The first-order chi connectivity index (χ1) is 35.5. The van der Waals surface area contributed by atoms with Crippen LogP contribution in [0.5, 0.6) is 0 Å². The summed E-state index contributed by atoms with van der Waals surface area (Å²) in [5, 5.41) is 14.3. The second-order valence-corrected chi connectivity index (χ2v) is 17.3. The smallest absolute Gasteiger partial charge is 0.870 e. The minimum absolute atomic E-state index is 0. The number of halogens is 4. The van der Waals surface area contributed by atoms with E-state index in [1.165, 1.54) is 4.57 Å².